The fourth-order valence-electron chi connectivity index (χ4n) is 1.04. The Bertz CT molecular complexity index is 358. The van der Waals surface area contributed by atoms with Crippen molar-refractivity contribution in [1.82, 2.24) is 0 Å². The summed E-state index contributed by atoms with van der Waals surface area (Å²) in [6.07, 6.45) is 1.24. The molecule has 0 aromatic heterocycles. The highest BCUT2D eigenvalue weighted by Gasteiger charge is 2.07. The predicted molar refractivity (Wildman–Crippen MR) is 51.9 cm³/mol. The molecule has 1 aromatic rings. The third kappa shape index (κ3) is 1.56. The van der Waals surface area contributed by atoms with E-state index in [1.807, 2.05) is 0 Å². The topological polar surface area (TPSA) is 78.1 Å². The second kappa shape index (κ2) is 3.35. The van der Waals surface area contributed by atoms with E-state index in [4.69, 9.17) is 17.2 Å². The van der Waals surface area contributed by atoms with Crippen LogP contribution in [-0.4, -0.2) is 0 Å². The van der Waals surface area contributed by atoms with E-state index < -0.39 is 0 Å². The van der Waals surface area contributed by atoms with E-state index >= 15 is 0 Å². The van der Waals surface area contributed by atoms with Gasteiger partial charge in [-0.1, -0.05) is 0 Å². The molecule has 1 aromatic carbocycles. The van der Waals surface area contributed by atoms with Crippen LogP contribution in [-0.2, 0) is 0 Å². The van der Waals surface area contributed by atoms with Crippen LogP contribution in [0.1, 0.15) is 11.1 Å². The van der Waals surface area contributed by atoms with Gasteiger partial charge in [-0.3, -0.25) is 0 Å². The minimum atomic E-state index is -0.342. The quantitative estimate of drug-likeness (QED) is 0.564. The maximum absolute atomic E-state index is 13.0. The van der Waals surface area contributed by atoms with Crippen molar-refractivity contribution in [2.45, 2.75) is 6.92 Å². The Hall–Kier alpha value is -1.71. The standard InChI is InChI=1S/C9H12FN3/c1-5-7(10)3-2-6(9(5)13)8(12)4-11/h2-4H,11-13H2,1H3/b8-4+. The molecule has 13 heavy (non-hydrogen) atoms. The second-order valence-electron chi connectivity index (χ2n) is 2.76. The lowest BCUT2D eigenvalue weighted by atomic mass is 10.1. The first-order chi connectivity index (χ1) is 6.07. The average molecular weight is 181 g/mol. The van der Waals surface area contributed by atoms with Crippen molar-refractivity contribution in [2.75, 3.05) is 5.73 Å². The summed E-state index contributed by atoms with van der Waals surface area (Å²) in [6.45, 7) is 1.60. The van der Waals surface area contributed by atoms with Crippen molar-refractivity contribution < 1.29 is 4.39 Å². The van der Waals surface area contributed by atoms with E-state index in [1.165, 1.54) is 18.3 Å². The van der Waals surface area contributed by atoms with Gasteiger partial charge in [-0.2, -0.15) is 0 Å². The van der Waals surface area contributed by atoms with Crippen LogP contribution >= 0.6 is 0 Å². The Balaban J connectivity index is 3.34. The zero-order valence-corrected chi connectivity index (χ0v) is 7.34. The minimum absolute atomic E-state index is 0.333. The van der Waals surface area contributed by atoms with E-state index in [9.17, 15) is 4.39 Å². The van der Waals surface area contributed by atoms with Crippen LogP contribution in [0.25, 0.3) is 5.70 Å². The number of nitrogen functional groups attached to an aromatic ring is 1. The van der Waals surface area contributed by atoms with Crippen LogP contribution < -0.4 is 17.2 Å². The van der Waals surface area contributed by atoms with Crippen LogP contribution in [0.15, 0.2) is 18.3 Å². The molecule has 0 atom stereocenters. The van der Waals surface area contributed by atoms with Crippen LogP contribution in [0.3, 0.4) is 0 Å². The Morgan fingerprint density at radius 3 is 2.62 bits per heavy atom. The average Bonchev–Trinajstić information content (AvgIpc) is 2.13. The molecular weight excluding hydrogens is 169 g/mol. The summed E-state index contributed by atoms with van der Waals surface area (Å²) in [5.74, 6) is -0.342. The van der Waals surface area contributed by atoms with Crippen LogP contribution in [0.2, 0.25) is 0 Å². The lowest BCUT2D eigenvalue weighted by Crippen LogP contribution is -2.05. The van der Waals surface area contributed by atoms with Gasteiger partial charge < -0.3 is 17.2 Å². The SMILES string of the molecule is Cc1c(F)ccc(/C(N)=C\N)c1N. The molecule has 0 spiro atoms. The summed E-state index contributed by atoms with van der Waals surface area (Å²) in [7, 11) is 0. The monoisotopic (exact) mass is 181 g/mol. The molecule has 0 heterocycles. The second-order valence-corrected chi connectivity index (χ2v) is 2.76. The highest BCUT2D eigenvalue weighted by molar-refractivity contribution is 5.74. The summed E-state index contributed by atoms with van der Waals surface area (Å²) in [5.41, 5.74) is 18.1. The van der Waals surface area contributed by atoms with E-state index in [1.54, 1.807) is 6.92 Å². The maximum atomic E-state index is 13.0. The molecule has 0 bridgehead atoms. The highest BCUT2D eigenvalue weighted by Crippen LogP contribution is 2.23. The largest absolute Gasteiger partial charge is 0.403 e. The molecule has 0 aliphatic rings. The van der Waals surface area contributed by atoms with Gasteiger partial charge in [0.25, 0.3) is 0 Å². The molecule has 0 radical (unpaired) electrons. The van der Waals surface area contributed by atoms with Crippen molar-refractivity contribution in [3.8, 4) is 0 Å². The first-order valence-corrected chi connectivity index (χ1v) is 3.80. The summed E-state index contributed by atoms with van der Waals surface area (Å²) >= 11 is 0. The summed E-state index contributed by atoms with van der Waals surface area (Å²) < 4.78 is 13.0. The summed E-state index contributed by atoms with van der Waals surface area (Å²) in [5, 5.41) is 0. The minimum Gasteiger partial charge on any atom is -0.403 e. The van der Waals surface area contributed by atoms with E-state index in [2.05, 4.69) is 0 Å². The maximum Gasteiger partial charge on any atom is 0.128 e. The Morgan fingerprint density at radius 1 is 1.46 bits per heavy atom. The van der Waals surface area contributed by atoms with Crippen molar-refractivity contribution in [3.63, 3.8) is 0 Å². The number of benzene rings is 1. The van der Waals surface area contributed by atoms with Crippen LogP contribution in [0, 0.1) is 12.7 Å². The predicted octanol–water partition coefficient (Wildman–Crippen LogP) is 0.932. The van der Waals surface area contributed by atoms with Gasteiger partial charge in [0.05, 0.1) is 5.70 Å². The number of rotatable bonds is 1. The first kappa shape index (κ1) is 9.38. The fraction of sp³-hybridized carbons (Fsp3) is 0.111. The normalized spacial score (nSPS) is 11.7. The zero-order valence-electron chi connectivity index (χ0n) is 7.34. The Kier molecular flexibility index (Phi) is 2.41. The van der Waals surface area contributed by atoms with Crippen LogP contribution in [0.5, 0.6) is 0 Å². The molecule has 70 valence electrons. The van der Waals surface area contributed by atoms with Gasteiger partial charge in [-0.25, -0.2) is 4.39 Å². The third-order valence-electron chi connectivity index (χ3n) is 1.94. The van der Waals surface area contributed by atoms with Gasteiger partial charge in [-0.05, 0) is 19.1 Å². The smallest absolute Gasteiger partial charge is 0.128 e. The molecule has 0 aliphatic heterocycles. The van der Waals surface area contributed by atoms with E-state index in [0.29, 0.717) is 22.5 Å². The zero-order chi connectivity index (χ0) is 10.0. The van der Waals surface area contributed by atoms with E-state index in [-0.39, 0.29) is 5.82 Å². The fourth-order valence-corrected chi connectivity index (χ4v) is 1.04. The van der Waals surface area contributed by atoms with Crippen molar-refractivity contribution in [2.24, 2.45) is 11.5 Å². The van der Waals surface area contributed by atoms with Gasteiger partial charge in [0.2, 0.25) is 0 Å². The van der Waals surface area contributed by atoms with Gasteiger partial charge in [0, 0.05) is 23.0 Å². The summed E-state index contributed by atoms with van der Waals surface area (Å²) in [4.78, 5) is 0. The molecule has 3 nitrogen and oxygen atoms in total. The number of halogens is 1. The number of nitrogens with two attached hydrogens (primary N) is 3. The molecular formula is C9H12FN3. The van der Waals surface area contributed by atoms with Gasteiger partial charge in [0.15, 0.2) is 0 Å². The lowest BCUT2D eigenvalue weighted by Gasteiger charge is -2.08. The van der Waals surface area contributed by atoms with Crippen molar-refractivity contribution in [3.05, 3.63) is 35.3 Å². The lowest BCUT2D eigenvalue weighted by molar-refractivity contribution is 0.619. The van der Waals surface area contributed by atoms with E-state index in [0.717, 1.165) is 0 Å². The molecule has 0 saturated heterocycles. The highest BCUT2D eigenvalue weighted by atomic mass is 19.1. The third-order valence-corrected chi connectivity index (χ3v) is 1.94. The van der Waals surface area contributed by atoms with Crippen molar-refractivity contribution in [1.29, 1.82) is 0 Å². The molecule has 0 amide bonds. The molecule has 0 unspecified atom stereocenters. The summed E-state index contributed by atoms with van der Waals surface area (Å²) in [6, 6.07) is 2.83. The molecule has 4 heteroatoms. The Morgan fingerprint density at radius 2 is 2.08 bits per heavy atom. The van der Waals surface area contributed by atoms with Crippen molar-refractivity contribution >= 4 is 11.4 Å². The van der Waals surface area contributed by atoms with Gasteiger partial charge in [-0.15, -0.1) is 0 Å². The molecule has 0 saturated carbocycles. The molecule has 1 rings (SSSR count). The number of hydrogen-bond donors (Lipinski definition) is 3. The molecule has 0 fully saturated rings. The van der Waals surface area contributed by atoms with Crippen LogP contribution in [0.4, 0.5) is 10.1 Å². The van der Waals surface area contributed by atoms with Gasteiger partial charge in [0.1, 0.15) is 5.82 Å². The molecule has 6 N–H and O–H groups in total. The number of anilines is 1. The number of hydrogen-bond acceptors (Lipinski definition) is 3. The first-order valence-electron chi connectivity index (χ1n) is 3.80. The molecule has 0 aliphatic carbocycles. The van der Waals surface area contributed by atoms with Gasteiger partial charge >= 0.3 is 0 Å². The Labute approximate surface area is 76.0 Å².